The maximum absolute atomic E-state index is 13.5. The second-order valence-electron chi connectivity index (χ2n) is 18.2. The van der Waals surface area contributed by atoms with Crippen LogP contribution < -0.4 is 20.7 Å². The zero-order valence-electron chi connectivity index (χ0n) is 41.4. The molecule has 66 heavy (non-hydrogen) atoms. The minimum absolute atomic E-state index is 0.0145. The Hall–Kier alpha value is -4.22. The third kappa shape index (κ3) is 20.7. The van der Waals surface area contributed by atoms with Gasteiger partial charge in [0.1, 0.15) is 34.8 Å². The van der Waals surface area contributed by atoms with Crippen molar-refractivity contribution in [2.75, 3.05) is 80.4 Å². The Morgan fingerprint density at radius 1 is 0.803 bits per heavy atom. The van der Waals surface area contributed by atoms with Crippen molar-refractivity contribution >= 4 is 40.3 Å². The molecule has 16 heteroatoms. The molecule has 0 spiro atoms. The van der Waals surface area contributed by atoms with Gasteiger partial charge in [-0.3, -0.25) is 24.2 Å². The molecule has 0 radical (unpaired) electrons. The van der Waals surface area contributed by atoms with Gasteiger partial charge in [0.2, 0.25) is 17.7 Å². The average Bonchev–Trinajstić information content (AvgIpc) is 3.83. The smallest absolute Gasteiger partial charge is 0.248 e. The summed E-state index contributed by atoms with van der Waals surface area (Å²) in [5, 5.41) is 9.26. The molecule has 1 atom stereocenters. The highest BCUT2D eigenvalue weighted by Gasteiger charge is 2.29. The minimum atomic E-state index is -1.40. The maximum Gasteiger partial charge on any atom is 0.248 e. The van der Waals surface area contributed by atoms with Crippen LogP contribution in [0.25, 0.3) is 0 Å². The van der Waals surface area contributed by atoms with E-state index in [4.69, 9.17) is 18.9 Å². The van der Waals surface area contributed by atoms with Crippen LogP contribution in [-0.4, -0.2) is 134 Å². The first-order valence-corrected chi connectivity index (χ1v) is 24.8. The van der Waals surface area contributed by atoms with E-state index in [1.165, 1.54) is 0 Å². The van der Waals surface area contributed by atoms with Gasteiger partial charge in [0, 0.05) is 78.3 Å². The minimum Gasteiger partial charge on any atom is -0.497 e. The lowest BCUT2D eigenvalue weighted by atomic mass is 9.98. The van der Waals surface area contributed by atoms with Gasteiger partial charge in [-0.1, -0.05) is 37.1 Å². The monoisotopic (exact) mass is 941 g/mol. The van der Waals surface area contributed by atoms with E-state index in [1.54, 1.807) is 39.4 Å². The molecule has 1 aliphatic heterocycles. The van der Waals surface area contributed by atoms with Gasteiger partial charge in [0.05, 0.1) is 37.4 Å². The fraction of sp³-hybridized carbons (Fsp3) is 0.660. The zero-order valence-corrected chi connectivity index (χ0v) is 42.3. The lowest BCUT2D eigenvalue weighted by Crippen LogP contribution is -2.37. The number of hydrogen-bond donors (Lipinski definition) is 3. The van der Waals surface area contributed by atoms with Crippen LogP contribution in [0.3, 0.4) is 0 Å². The molecular formula is C50H80N6O9S. The van der Waals surface area contributed by atoms with Crippen LogP contribution in [0.2, 0.25) is 0 Å². The van der Waals surface area contributed by atoms with Gasteiger partial charge in [0.15, 0.2) is 5.78 Å². The Morgan fingerprint density at radius 2 is 1.42 bits per heavy atom. The second kappa shape index (κ2) is 29.5. The van der Waals surface area contributed by atoms with Crippen LogP contribution in [0, 0.1) is 13.8 Å². The van der Waals surface area contributed by atoms with Gasteiger partial charge in [-0.2, -0.15) is 0 Å². The van der Waals surface area contributed by atoms with Crippen LogP contribution in [0.1, 0.15) is 127 Å². The zero-order chi connectivity index (χ0) is 48.5. The molecule has 1 unspecified atom stereocenters. The summed E-state index contributed by atoms with van der Waals surface area (Å²) in [7, 11) is 3.66. The van der Waals surface area contributed by atoms with E-state index < -0.39 is 16.6 Å². The Morgan fingerprint density at radius 3 is 2.03 bits per heavy atom. The number of nitrogens with one attached hydrogen (secondary N) is 3. The number of carbonyl (C=O) groups is 4. The molecule has 0 aliphatic carbocycles. The van der Waals surface area contributed by atoms with Crippen molar-refractivity contribution in [1.82, 2.24) is 25.2 Å². The Bertz CT molecular complexity index is 1860. The Balaban J connectivity index is 1.30. The molecule has 15 nitrogen and oxygen atoms in total. The fourth-order valence-electron chi connectivity index (χ4n) is 7.30. The molecule has 370 valence electrons. The molecule has 2 aromatic rings. The molecule has 2 aromatic carbocycles. The van der Waals surface area contributed by atoms with Crippen LogP contribution in [-0.2, 0) is 50.9 Å². The largest absolute Gasteiger partial charge is 0.497 e. The van der Waals surface area contributed by atoms with Crippen molar-refractivity contribution in [3.8, 4) is 5.75 Å². The molecule has 0 bridgehead atoms. The van der Waals surface area contributed by atoms with E-state index >= 15 is 0 Å². The summed E-state index contributed by atoms with van der Waals surface area (Å²) >= 11 is 0. The molecule has 3 rings (SSSR count). The van der Waals surface area contributed by atoms with Crippen molar-refractivity contribution < 1.29 is 42.3 Å². The molecule has 1 aliphatic rings. The van der Waals surface area contributed by atoms with Gasteiger partial charge in [-0.05, 0) is 115 Å². The summed E-state index contributed by atoms with van der Waals surface area (Å²) < 4.78 is 37.5. The molecule has 0 aromatic heterocycles. The highest BCUT2D eigenvalue weighted by molar-refractivity contribution is 7.82. The number of hydrogen-bond acceptors (Lipinski definition) is 11. The predicted molar refractivity (Wildman–Crippen MR) is 261 cm³/mol. The normalized spacial score (nSPS) is 13.3. The van der Waals surface area contributed by atoms with Gasteiger partial charge in [-0.25, -0.2) is 8.51 Å². The van der Waals surface area contributed by atoms with Crippen LogP contribution in [0.15, 0.2) is 46.3 Å². The number of methoxy groups -OCH3 is 2. The first-order valence-electron chi connectivity index (χ1n) is 23.7. The standard InChI is InChI=1S/C50H80N6O9S/c1-38-34-42(62-8)35-39(2)47(38)66(61)55(7)31-33-64-37-46(60)56(36-40-21-23-41(24-22-40)48-53-28-29-54-48)30-16-12-15-27-51-44(58)19-13-10-11-14-26-52-45(59)20-17-18-43(57)50(5,6)65-32-25-49(3,4)63-9/h21-24,34-35H,10-20,25-33,36-37H2,1-9H3,(H,51,58)(H,52,59)(H,53,54). The number of nitrogens with zero attached hydrogens (tertiary/aromatic N) is 3. The van der Waals surface area contributed by atoms with E-state index in [9.17, 15) is 23.4 Å². The lowest BCUT2D eigenvalue weighted by molar-refractivity contribution is -0.142. The molecule has 0 fully saturated rings. The third-order valence-electron chi connectivity index (χ3n) is 11.8. The van der Waals surface area contributed by atoms with E-state index in [0.717, 1.165) is 96.8 Å². The Labute approximate surface area is 397 Å². The molecule has 3 amide bonds. The average molecular weight is 941 g/mol. The number of rotatable bonds is 34. The van der Waals surface area contributed by atoms with Crippen LogP contribution >= 0.6 is 0 Å². The van der Waals surface area contributed by atoms with E-state index in [-0.39, 0.29) is 48.7 Å². The number of ketones is 1. The van der Waals surface area contributed by atoms with Crippen LogP contribution in [0.4, 0.5) is 0 Å². The van der Waals surface area contributed by atoms with Crippen molar-refractivity contribution in [2.24, 2.45) is 4.99 Å². The highest BCUT2D eigenvalue weighted by atomic mass is 32.2. The molecule has 1 heterocycles. The summed E-state index contributed by atoms with van der Waals surface area (Å²) in [6.45, 7) is 16.0. The molecule has 3 N–H and O–H groups in total. The van der Waals surface area contributed by atoms with E-state index in [2.05, 4.69) is 20.9 Å². The summed E-state index contributed by atoms with van der Waals surface area (Å²) in [5.74, 6) is 1.46. The number of amidine groups is 1. The number of unbranched alkanes of at least 4 members (excludes halogenated alkanes) is 5. The number of likely N-dealkylation sites (N-methyl/N-ethyl adjacent to an activating group) is 1. The SMILES string of the molecule is COc1cc(C)c(S(=O)N(C)CCOCC(=O)N(CCCCCNC(=O)CCCCCCNC(=O)CCCC(=O)C(C)(C)OCCC(C)(C)OC)Cc2ccc(C3=NCCN3)cc2)c(C)c1. The number of carbonyl (C=O) groups excluding carboxylic acids is 4. The van der Waals surface area contributed by atoms with Crippen molar-refractivity contribution in [1.29, 1.82) is 0 Å². The number of amides is 3. The van der Waals surface area contributed by atoms with Crippen molar-refractivity contribution in [2.45, 2.75) is 141 Å². The predicted octanol–water partition coefficient (Wildman–Crippen LogP) is 6.36. The number of aliphatic imine (C=N–C) groups is 1. The van der Waals surface area contributed by atoms with E-state index in [0.29, 0.717) is 65.0 Å². The van der Waals surface area contributed by atoms with Gasteiger partial charge < -0.3 is 39.8 Å². The maximum atomic E-state index is 13.5. The van der Waals surface area contributed by atoms with Gasteiger partial charge >= 0.3 is 0 Å². The van der Waals surface area contributed by atoms with Gasteiger partial charge in [-0.15, -0.1) is 0 Å². The molecule has 0 saturated heterocycles. The van der Waals surface area contributed by atoms with Crippen molar-refractivity contribution in [3.63, 3.8) is 0 Å². The summed E-state index contributed by atoms with van der Waals surface area (Å²) in [6, 6.07) is 11.9. The summed E-state index contributed by atoms with van der Waals surface area (Å²) in [4.78, 5) is 58.1. The quantitative estimate of drug-likeness (QED) is 0.0669. The number of aryl methyl sites for hydroxylation is 2. The van der Waals surface area contributed by atoms with Crippen LogP contribution in [0.5, 0.6) is 5.75 Å². The first-order chi connectivity index (χ1) is 31.5. The topological polar surface area (TPSA) is 177 Å². The number of ether oxygens (including phenoxy) is 4. The highest BCUT2D eigenvalue weighted by Crippen LogP contribution is 2.26. The number of benzene rings is 2. The third-order valence-corrected chi connectivity index (χ3v) is 13.6. The lowest BCUT2D eigenvalue weighted by Gasteiger charge is -2.28. The fourth-order valence-corrected chi connectivity index (χ4v) is 8.52. The van der Waals surface area contributed by atoms with Gasteiger partial charge in [0.25, 0.3) is 0 Å². The van der Waals surface area contributed by atoms with Crippen molar-refractivity contribution in [3.05, 3.63) is 58.7 Å². The van der Waals surface area contributed by atoms with E-state index in [1.807, 2.05) is 69.0 Å². The number of Topliss-reactive ketones (excluding diaryl/α,β-unsaturated/α-hetero) is 1. The molecular weight excluding hydrogens is 861 g/mol. The summed E-state index contributed by atoms with van der Waals surface area (Å²) in [5.41, 5.74) is 2.59. The molecule has 0 saturated carbocycles. The second-order valence-corrected chi connectivity index (χ2v) is 19.7. The summed E-state index contributed by atoms with van der Waals surface area (Å²) in [6.07, 6.45) is 8.05. The first kappa shape index (κ1) is 56.1. The Kier molecular flexibility index (Phi) is 25.1.